The van der Waals surface area contributed by atoms with Gasteiger partial charge in [-0.15, -0.1) is 0 Å². The third-order valence-corrected chi connectivity index (χ3v) is 3.43. The van der Waals surface area contributed by atoms with E-state index in [1.54, 1.807) is 0 Å². The van der Waals surface area contributed by atoms with Gasteiger partial charge >= 0.3 is 6.18 Å². The van der Waals surface area contributed by atoms with Crippen molar-refractivity contribution in [3.8, 4) is 0 Å². The number of carbonyl (C=O) groups excluding carboxylic acids is 1. The van der Waals surface area contributed by atoms with Crippen molar-refractivity contribution in [2.24, 2.45) is 5.92 Å². The van der Waals surface area contributed by atoms with Gasteiger partial charge in [0, 0.05) is 12.7 Å². The molecule has 1 heterocycles. The number of hydrogen-bond acceptors (Lipinski definition) is 2. The van der Waals surface area contributed by atoms with Gasteiger partial charge in [0.15, 0.2) is 0 Å². The smallest absolute Gasteiger partial charge is 0.352 e. The van der Waals surface area contributed by atoms with Crippen molar-refractivity contribution in [2.45, 2.75) is 31.9 Å². The lowest BCUT2D eigenvalue weighted by atomic mass is 10.1. The Morgan fingerprint density at radius 3 is 2.60 bits per heavy atom. The molecule has 0 spiro atoms. The van der Waals surface area contributed by atoms with Crippen LogP contribution in [0.15, 0.2) is 12.3 Å². The van der Waals surface area contributed by atoms with Crippen molar-refractivity contribution in [1.29, 1.82) is 0 Å². The van der Waals surface area contributed by atoms with Gasteiger partial charge in [0.1, 0.15) is 5.56 Å². The topological polar surface area (TPSA) is 42.0 Å². The van der Waals surface area contributed by atoms with Crippen molar-refractivity contribution >= 4 is 5.91 Å². The SMILES string of the molecule is O=C(NCC1CCCC1)c1cnc(F)c(C(F)(F)F)c1. The molecule has 0 unspecified atom stereocenters. The van der Waals surface area contributed by atoms with Gasteiger partial charge in [-0.1, -0.05) is 12.8 Å². The average Bonchev–Trinajstić information content (AvgIpc) is 2.88. The molecule has 1 saturated carbocycles. The van der Waals surface area contributed by atoms with Crippen LogP contribution < -0.4 is 5.32 Å². The van der Waals surface area contributed by atoms with Crippen molar-refractivity contribution in [2.75, 3.05) is 6.54 Å². The van der Waals surface area contributed by atoms with E-state index in [1.807, 2.05) is 0 Å². The molecule has 0 aliphatic heterocycles. The molecule has 0 aromatic carbocycles. The molecule has 1 aromatic heterocycles. The molecule has 1 fully saturated rings. The number of nitrogens with one attached hydrogen (secondary N) is 1. The number of amides is 1. The summed E-state index contributed by atoms with van der Waals surface area (Å²) in [5, 5.41) is 2.57. The van der Waals surface area contributed by atoms with E-state index in [2.05, 4.69) is 10.3 Å². The van der Waals surface area contributed by atoms with Crippen LogP contribution in [0, 0.1) is 11.9 Å². The Bertz CT molecular complexity index is 496. The number of aromatic nitrogens is 1. The van der Waals surface area contributed by atoms with E-state index in [9.17, 15) is 22.4 Å². The van der Waals surface area contributed by atoms with Crippen LogP contribution in [0.2, 0.25) is 0 Å². The van der Waals surface area contributed by atoms with E-state index in [1.165, 1.54) is 0 Å². The maximum absolute atomic E-state index is 13.0. The predicted octanol–water partition coefficient (Wildman–Crippen LogP) is 3.16. The molecule has 0 saturated heterocycles. The molecule has 0 bridgehead atoms. The first kappa shape index (κ1) is 14.7. The maximum Gasteiger partial charge on any atom is 0.420 e. The van der Waals surface area contributed by atoms with Crippen molar-refractivity contribution in [3.05, 3.63) is 29.3 Å². The molecule has 1 aliphatic carbocycles. The van der Waals surface area contributed by atoms with Crippen molar-refractivity contribution in [3.63, 3.8) is 0 Å². The lowest BCUT2D eigenvalue weighted by molar-refractivity contribution is -0.140. The lowest BCUT2D eigenvalue weighted by Crippen LogP contribution is -2.29. The summed E-state index contributed by atoms with van der Waals surface area (Å²) < 4.78 is 50.5. The van der Waals surface area contributed by atoms with Gasteiger partial charge in [-0.05, 0) is 24.8 Å². The Morgan fingerprint density at radius 1 is 1.35 bits per heavy atom. The van der Waals surface area contributed by atoms with E-state index in [0.29, 0.717) is 18.5 Å². The molecule has 1 amide bonds. The highest BCUT2D eigenvalue weighted by molar-refractivity contribution is 5.94. The third-order valence-electron chi connectivity index (χ3n) is 3.43. The minimum absolute atomic E-state index is 0.281. The summed E-state index contributed by atoms with van der Waals surface area (Å²) in [6.07, 6.45) is 0.187. The van der Waals surface area contributed by atoms with Crippen LogP contribution in [0.25, 0.3) is 0 Å². The van der Waals surface area contributed by atoms with Crippen LogP contribution >= 0.6 is 0 Å². The number of hydrogen-bond donors (Lipinski definition) is 1. The fourth-order valence-corrected chi connectivity index (χ4v) is 2.32. The molecule has 1 N–H and O–H groups in total. The van der Waals surface area contributed by atoms with Gasteiger partial charge in [0.2, 0.25) is 5.95 Å². The minimum Gasteiger partial charge on any atom is -0.352 e. The first-order valence-corrected chi connectivity index (χ1v) is 6.39. The predicted molar refractivity (Wildman–Crippen MR) is 63.5 cm³/mol. The Kier molecular flexibility index (Phi) is 4.25. The molecular weight excluding hydrogens is 276 g/mol. The molecule has 7 heteroatoms. The van der Waals surface area contributed by atoms with E-state index in [0.717, 1.165) is 31.9 Å². The molecule has 20 heavy (non-hydrogen) atoms. The lowest BCUT2D eigenvalue weighted by Gasteiger charge is -2.12. The van der Waals surface area contributed by atoms with E-state index in [-0.39, 0.29) is 5.56 Å². The van der Waals surface area contributed by atoms with Crippen LogP contribution in [0.1, 0.15) is 41.6 Å². The highest BCUT2D eigenvalue weighted by Gasteiger charge is 2.35. The Labute approximate surface area is 113 Å². The van der Waals surface area contributed by atoms with Gasteiger partial charge in [-0.3, -0.25) is 4.79 Å². The standard InChI is InChI=1S/C13H14F4N2O/c14-11-10(13(15,16)17)5-9(7-18-11)12(20)19-6-8-3-1-2-4-8/h5,7-8H,1-4,6H2,(H,19,20). The monoisotopic (exact) mass is 290 g/mol. The number of halogens is 4. The fraction of sp³-hybridized carbons (Fsp3) is 0.538. The van der Waals surface area contributed by atoms with Gasteiger partial charge in [-0.2, -0.15) is 17.6 Å². The zero-order chi connectivity index (χ0) is 14.8. The Hall–Kier alpha value is -1.66. The third kappa shape index (κ3) is 3.46. The number of pyridine rings is 1. The second kappa shape index (κ2) is 5.76. The first-order valence-electron chi connectivity index (χ1n) is 6.39. The van der Waals surface area contributed by atoms with Crippen LogP contribution in [0.3, 0.4) is 0 Å². The molecule has 0 atom stereocenters. The molecule has 0 radical (unpaired) electrons. The second-order valence-corrected chi connectivity index (χ2v) is 4.92. The van der Waals surface area contributed by atoms with Crippen LogP contribution in [-0.2, 0) is 6.18 Å². The zero-order valence-electron chi connectivity index (χ0n) is 10.6. The largest absolute Gasteiger partial charge is 0.420 e. The van der Waals surface area contributed by atoms with Crippen LogP contribution in [0.4, 0.5) is 17.6 Å². The van der Waals surface area contributed by atoms with Crippen molar-refractivity contribution < 1.29 is 22.4 Å². The normalized spacial score (nSPS) is 16.4. The highest BCUT2D eigenvalue weighted by Crippen LogP contribution is 2.31. The quantitative estimate of drug-likeness (QED) is 0.686. The summed E-state index contributed by atoms with van der Waals surface area (Å²) >= 11 is 0. The number of nitrogens with zero attached hydrogens (tertiary/aromatic N) is 1. The molecule has 1 aromatic rings. The highest BCUT2D eigenvalue weighted by atomic mass is 19.4. The van der Waals surface area contributed by atoms with Gasteiger partial charge in [-0.25, -0.2) is 4.98 Å². The first-order chi connectivity index (χ1) is 9.38. The number of carbonyl (C=O) groups is 1. The zero-order valence-corrected chi connectivity index (χ0v) is 10.6. The summed E-state index contributed by atoms with van der Waals surface area (Å²) in [6, 6.07) is 0.492. The summed E-state index contributed by atoms with van der Waals surface area (Å²) in [6.45, 7) is 0.428. The van der Waals surface area contributed by atoms with Gasteiger partial charge in [0.05, 0.1) is 5.56 Å². The maximum atomic E-state index is 13.0. The molecule has 1 aliphatic rings. The Morgan fingerprint density at radius 2 is 2.00 bits per heavy atom. The fourth-order valence-electron chi connectivity index (χ4n) is 2.32. The molecule has 2 rings (SSSR count). The molecular formula is C13H14F4N2O. The van der Waals surface area contributed by atoms with Crippen LogP contribution in [-0.4, -0.2) is 17.4 Å². The second-order valence-electron chi connectivity index (χ2n) is 4.92. The van der Waals surface area contributed by atoms with E-state index >= 15 is 0 Å². The minimum atomic E-state index is -4.86. The summed E-state index contributed by atoms with van der Waals surface area (Å²) in [5.41, 5.74) is -1.80. The molecule has 3 nitrogen and oxygen atoms in total. The number of alkyl halides is 3. The number of rotatable bonds is 3. The van der Waals surface area contributed by atoms with Crippen molar-refractivity contribution in [1.82, 2.24) is 10.3 Å². The van der Waals surface area contributed by atoms with Crippen LogP contribution in [0.5, 0.6) is 0 Å². The summed E-state index contributed by atoms with van der Waals surface area (Å²) in [5.74, 6) is -1.91. The average molecular weight is 290 g/mol. The van der Waals surface area contributed by atoms with Gasteiger partial charge < -0.3 is 5.32 Å². The Balaban J connectivity index is 2.06. The summed E-state index contributed by atoms with van der Waals surface area (Å²) in [7, 11) is 0. The van der Waals surface area contributed by atoms with E-state index < -0.39 is 23.6 Å². The summed E-state index contributed by atoms with van der Waals surface area (Å²) in [4.78, 5) is 14.7. The molecule has 110 valence electrons. The van der Waals surface area contributed by atoms with Gasteiger partial charge in [0.25, 0.3) is 5.91 Å². The van der Waals surface area contributed by atoms with E-state index in [4.69, 9.17) is 0 Å².